The van der Waals surface area contributed by atoms with E-state index in [1.165, 1.54) is 23.5 Å². The summed E-state index contributed by atoms with van der Waals surface area (Å²) in [5.41, 5.74) is 1.68. The van der Waals surface area contributed by atoms with Crippen LogP contribution < -0.4 is 5.32 Å². The van der Waals surface area contributed by atoms with E-state index in [1.807, 2.05) is 12.1 Å². The molecular formula is C24H14Cl3F3N2OS. The average molecular weight is 542 g/mol. The lowest BCUT2D eigenvalue weighted by Gasteiger charge is -2.08. The summed E-state index contributed by atoms with van der Waals surface area (Å²) in [6.45, 7) is 0.0455. The van der Waals surface area contributed by atoms with Crippen LogP contribution in [0.4, 0.5) is 13.2 Å². The average Bonchev–Trinajstić information content (AvgIpc) is 3.23. The minimum Gasteiger partial charge on any atom is -0.346 e. The summed E-state index contributed by atoms with van der Waals surface area (Å²) in [5.74, 6) is -0.462. The molecule has 0 unspecified atom stereocenters. The van der Waals surface area contributed by atoms with Crippen molar-refractivity contribution in [2.24, 2.45) is 0 Å². The number of carbonyl (C=O) groups is 1. The Morgan fingerprint density at radius 3 is 2.18 bits per heavy atom. The Bertz CT molecular complexity index is 1340. The van der Waals surface area contributed by atoms with Gasteiger partial charge in [-0.25, -0.2) is 4.98 Å². The van der Waals surface area contributed by atoms with Crippen molar-refractivity contribution < 1.29 is 18.0 Å². The van der Waals surface area contributed by atoms with Gasteiger partial charge in [-0.15, -0.1) is 11.3 Å². The molecule has 3 aromatic carbocycles. The SMILES string of the molecule is O=C(NCc1ccc(C(F)(F)F)cc1)c1nc(-c2ccc(Cl)cc2Cl)c(-c2ccc(Cl)cc2)s1. The molecule has 0 saturated carbocycles. The highest BCUT2D eigenvalue weighted by Gasteiger charge is 2.30. The summed E-state index contributed by atoms with van der Waals surface area (Å²) in [6, 6.07) is 16.7. The van der Waals surface area contributed by atoms with E-state index in [4.69, 9.17) is 34.8 Å². The molecule has 1 aromatic heterocycles. The Morgan fingerprint density at radius 2 is 1.56 bits per heavy atom. The van der Waals surface area contributed by atoms with Crippen LogP contribution in [0.25, 0.3) is 21.7 Å². The number of hydrogen-bond acceptors (Lipinski definition) is 3. The normalized spacial score (nSPS) is 11.5. The summed E-state index contributed by atoms with van der Waals surface area (Å²) in [5, 5.41) is 4.29. The molecule has 1 heterocycles. The van der Waals surface area contributed by atoms with Crippen molar-refractivity contribution in [1.82, 2.24) is 10.3 Å². The number of hydrogen-bond donors (Lipinski definition) is 1. The Labute approximate surface area is 212 Å². The molecule has 10 heteroatoms. The number of thiazole rings is 1. The molecule has 0 aliphatic heterocycles. The Hall–Kier alpha value is -2.58. The van der Waals surface area contributed by atoms with E-state index < -0.39 is 17.6 Å². The van der Waals surface area contributed by atoms with Gasteiger partial charge in [0.25, 0.3) is 5.91 Å². The van der Waals surface area contributed by atoms with Gasteiger partial charge in [0.1, 0.15) is 0 Å². The van der Waals surface area contributed by atoms with Crippen LogP contribution in [0, 0.1) is 0 Å². The number of nitrogens with one attached hydrogen (secondary N) is 1. The smallest absolute Gasteiger partial charge is 0.346 e. The molecule has 1 amide bonds. The lowest BCUT2D eigenvalue weighted by atomic mass is 10.1. The molecule has 0 aliphatic carbocycles. The van der Waals surface area contributed by atoms with Gasteiger partial charge in [-0.05, 0) is 53.6 Å². The van der Waals surface area contributed by atoms with Crippen molar-refractivity contribution in [2.45, 2.75) is 12.7 Å². The van der Waals surface area contributed by atoms with Gasteiger partial charge in [0.2, 0.25) is 0 Å². The number of carbonyl (C=O) groups excluding carboxylic acids is 1. The number of alkyl halides is 3. The zero-order valence-electron chi connectivity index (χ0n) is 17.1. The summed E-state index contributed by atoms with van der Waals surface area (Å²) in [6.07, 6.45) is -4.42. The zero-order chi connectivity index (χ0) is 24.5. The van der Waals surface area contributed by atoms with Crippen molar-refractivity contribution >= 4 is 52.0 Å². The number of rotatable bonds is 5. The number of amides is 1. The molecule has 0 bridgehead atoms. The van der Waals surface area contributed by atoms with Crippen molar-refractivity contribution in [2.75, 3.05) is 0 Å². The summed E-state index contributed by atoms with van der Waals surface area (Å²) in [7, 11) is 0. The first kappa shape index (κ1) is 24.5. The van der Waals surface area contributed by atoms with Crippen LogP contribution in [0.1, 0.15) is 20.9 Å². The molecule has 34 heavy (non-hydrogen) atoms. The molecule has 0 spiro atoms. The van der Waals surface area contributed by atoms with Gasteiger partial charge >= 0.3 is 6.18 Å². The maximum atomic E-state index is 12.8. The first-order chi connectivity index (χ1) is 16.1. The third-order valence-corrected chi connectivity index (χ3v) is 6.75. The summed E-state index contributed by atoms with van der Waals surface area (Å²) in [4.78, 5) is 18.1. The number of aromatic nitrogens is 1. The van der Waals surface area contributed by atoms with E-state index in [0.29, 0.717) is 36.8 Å². The van der Waals surface area contributed by atoms with Gasteiger partial charge < -0.3 is 5.32 Å². The number of benzene rings is 3. The standard InChI is InChI=1S/C24H14Cl3F3N2OS/c25-16-7-3-14(4-8-16)21-20(18-10-9-17(26)11-19(18)27)32-23(34-21)22(33)31-12-13-1-5-15(6-2-13)24(28,29)30/h1-11H,12H2,(H,31,33). The fourth-order valence-electron chi connectivity index (χ4n) is 3.15. The molecule has 0 radical (unpaired) electrons. The van der Waals surface area contributed by atoms with Crippen molar-refractivity contribution in [3.8, 4) is 21.7 Å². The van der Waals surface area contributed by atoms with E-state index in [-0.39, 0.29) is 11.6 Å². The summed E-state index contributed by atoms with van der Waals surface area (Å²) < 4.78 is 38.2. The topological polar surface area (TPSA) is 42.0 Å². The van der Waals surface area contributed by atoms with Gasteiger partial charge in [-0.1, -0.05) is 59.1 Å². The maximum absolute atomic E-state index is 12.8. The molecule has 0 aliphatic rings. The van der Waals surface area contributed by atoms with Gasteiger partial charge in [-0.3, -0.25) is 4.79 Å². The Kier molecular flexibility index (Phi) is 7.19. The van der Waals surface area contributed by atoms with Crippen molar-refractivity contribution in [3.63, 3.8) is 0 Å². The molecule has 0 fully saturated rings. The number of nitrogens with zero attached hydrogens (tertiary/aromatic N) is 1. The van der Waals surface area contributed by atoms with Crippen LogP contribution in [0.2, 0.25) is 15.1 Å². The molecule has 0 atom stereocenters. The third kappa shape index (κ3) is 5.55. The first-order valence-electron chi connectivity index (χ1n) is 9.78. The highest BCUT2D eigenvalue weighted by atomic mass is 35.5. The molecule has 3 nitrogen and oxygen atoms in total. The van der Waals surface area contributed by atoms with Gasteiger partial charge in [0.15, 0.2) is 5.01 Å². The second kappa shape index (κ2) is 9.96. The van der Waals surface area contributed by atoms with E-state index in [0.717, 1.165) is 17.7 Å². The molecule has 4 aromatic rings. The van der Waals surface area contributed by atoms with Gasteiger partial charge in [0, 0.05) is 22.2 Å². The molecule has 0 saturated heterocycles. The van der Waals surface area contributed by atoms with Crippen LogP contribution in [0.5, 0.6) is 0 Å². The summed E-state index contributed by atoms with van der Waals surface area (Å²) >= 11 is 19.6. The second-order valence-electron chi connectivity index (χ2n) is 7.21. The predicted molar refractivity (Wildman–Crippen MR) is 131 cm³/mol. The molecule has 174 valence electrons. The lowest BCUT2D eigenvalue weighted by molar-refractivity contribution is -0.137. The second-order valence-corrected chi connectivity index (χ2v) is 9.48. The molecular weight excluding hydrogens is 528 g/mol. The Balaban J connectivity index is 1.62. The monoisotopic (exact) mass is 540 g/mol. The van der Waals surface area contributed by atoms with E-state index in [9.17, 15) is 18.0 Å². The quantitative estimate of drug-likeness (QED) is 0.276. The minimum atomic E-state index is -4.42. The highest BCUT2D eigenvalue weighted by Crippen LogP contribution is 2.40. The van der Waals surface area contributed by atoms with E-state index in [1.54, 1.807) is 30.3 Å². The van der Waals surface area contributed by atoms with Gasteiger partial charge in [0.05, 0.1) is 21.2 Å². The van der Waals surface area contributed by atoms with Crippen LogP contribution in [0.3, 0.4) is 0 Å². The zero-order valence-corrected chi connectivity index (χ0v) is 20.2. The van der Waals surface area contributed by atoms with Crippen molar-refractivity contribution in [1.29, 1.82) is 0 Å². The first-order valence-corrected chi connectivity index (χ1v) is 11.7. The van der Waals surface area contributed by atoms with Crippen molar-refractivity contribution in [3.05, 3.63) is 97.9 Å². The highest BCUT2D eigenvalue weighted by molar-refractivity contribution is 7.17. The van der Waals surface area contributed by atoms with Crippen LogP contribution in [-0.4, -0.2) is 10.9 Å². The largest absolute Gasteiger partial charge is 0.416 e. The lowest BCUT2D eigenvalue weighted by Crippen LogP contribution is -2.22. The van der Waals surface area contributed by atoms with Gasteiger partial charge in [-0.2, -0.15) is 13.2 Å². The third-order valence-electron chi connectivity index (χ3n) is 4.85. The minimum absolute atomic E-state index is 0.0455. The van der Waals surface area contributed by atoms with Crippen LogP contribution >= 0.6 is 46.1 Å². The fourth-order valence-corrected chi connectivity index (χ4v) is 4.77. The molecule has 1 N–H and O–H groups in total. The number of halogens is 6. The molecule has 4 rings (SSSR count). The fraction of sp³-hybridized carbons (Fsp3) is 0.0833. The Morgan fingerprint density at radius 1 is 0.912 bits per heavy atom. The van der Waals surface area contributed by atoms with Crippen LogP contribution in [-0.2, 0) is 12.7 Å². The predicted octanol–water partition coefficient (Wildman–Crippen LogP) is 8.39. The maximum Gasteiger partial charge on any atom is 0.416 e. The van der Waals surface area contributed by atoms with E-state index >= 15 is 0 Å². The van der Waals surface area contributed by atoms with Crippen LogP contribution in [0.15, 0.2) is 66.7 Å². The van der Waals surface area contributed by atoms with E-state index in [2.05, 4.69) is 10.3 Å².